The van der Waals surface area contributed by atoms with Crippen LogP contribution in [0.25, 0.3) is 10.4 Å². The van der Waals surface area contributed by atoms with E-state index in [1.54, 1.807) is 19.1 Å². The minimum Gasteiger partial charge on any atom is -0.393 e. The first kappa shape index (κ1) is 23.9. The topological polar surface area (TPSA) is 123 Å². The molecule has 176 valence electrons. The number of hydrogen-bond acceptors (Lipinski definition) is 4. The molecule has 3 aromatic rings. The van der Waals surface area contributed by atoms with Gasteiger partial charge in [0.15, 0.2) is 0 Å². The average Bonchev–Trinajstić information content (AvgIpc) is 2.92. The molecule has 0 heterocycles. The summed E-state index contributed by atoms with van der Waals surface area (Å²) in [6, 6.07) is 13.6. The molecular weight excluding hydrogens is 457 g/mol. The fraction of sp³-hybridized carbons (Fsp3) is 0.280. The zero-order valence-electron chi connectivity index (χ0n) is 18.7. The van der Waals surface area contributed by atoms with Gasteiger partial charge in [0.25, 0.3) is 10.1 Å². The molecule has 0 aromatic heterocycles. The van der Waals surface area contributed by atoms with E-state index in [2.05, 4.69) is 10.0 Å². The standard InChI is InChI=1S/C25H24FN3O4S/c1-14-7-10-23(34(31,32)33)21(11-15(2)30)24(14)20-13-19-17(8-9-22(26)25(19)28-29-27)12-16-5-3-4-6-18(16)20/h3-10,15,20,30H,11-13H2,1-2H3,(H,31,32,33)/t15-,20-/m1/s1. The molecule has 7 nitrogen and oxygen atoms in total. The number of aliphatic hydroxyl groups is 1. The summed E-state index contributed by atoms with van der Waals surface area (Å²) in [5.41, 5.74) is 14.0. The average molecular weight is 482 g/mol. The molecule has 0 saturated carbocycles. The highest BCUT2D eigenvalue weighted by Crippen LogP contribution is 2.43. The lowest BCUT2D eigenvalue weighted by molar-refractivity contribution is 0.194. The van der Waals surface area contributed by atoms with Crippen LogP contribution < -0.4 is 0 Å². The highest BCUT2D eigenvalue weighted by Gasteiger charge is 2.31. The van der Waals surface area contributed by atoms with E-state index in [9.17, 15) is 22.5 Å². The van der Waals surface area contributed by atoms with E-state index in [0.717, 1.165) is 22.3 Å². The van der Waals surface area contributed by atoms with Gasteiger partial charge < -0.3 is 5.11 Å². The third kappa shape index (κ3) is 4.43. The van der Waals surface area contributed by atoms with Crippen molar-refractivity contribution in [3.63, 3.8) is 0 Å². The summed E-state index contributed by atoms with van der Waals surface area (Å²) < 4.78 is 49.1. The highest BCUT2D eigenvalue weighted by molar-refractivity contribution is 7.85. The van der Waals surface area contributed by atoms with Gasteiger partial charge in [0, 0.05) is 10.8 Å². The Morgan fingerprint density at radius 2 is 1.91 bits per heavy atom. The molecule has 9 heteroatoms. The summed E-state index contributed by atoms with van der Waals surface area (Å²) in [5.74, 6) is -1.06. The molecule has 0 bridgehead atoms. The van der Waals surface area contributed by atoms with Crippen molar-refractivity contribution >= 4 is 15.8 Å². The molecule has 1 aliphatic carbocycles. The Hall–Kier alpha value is -3.23. The normalized spacial score (nSPS) is 16.1. The van der Waals surface area contributed by atoms with Crippen LogP contribution in [-0.2, 0) is 29.4 Å². The van der Waals surface area contributed by atoms with Gasteiger partial charge >= 0.3 is 0 Å². The van der Waals surface area contributed by atoms with Gasteiger partial charge in [0.1, 0.15) is 5.82 Å². The van der Waals surface area contributed by atoms with Gasteiger partial charge in [-0.05, 0) is 89.7 Å². The van der Waals surface area contributed by atoms with Crippen molar-refractivity contribution in [2.45, 2.75) is 50.0 Å². The van der Waals surface area contributed by atoms with Crippen molar-refractivity contribution in [2.24, 2.45) is 5.11 Å². The van der Waals surface area contributed by atoms with E-state index in [1.807, 2.05) is 31.2 Å². The van der Waals surface area contributed by atoms with Crippen molar-refractivity contribution in [3.05, 3.63) is 104 Å². The van der Waals surface area contributed by atoms with Crippen LogP contribution in [0.5, 0.6) is 0 Å². The summed E-state index contributed by atoms with van der Waals surface area (Å²) in [6.07, 6.45) is -0.130. The van der Waals surface area contributed by atoms with Crippen LogP contribution in [0.2, 0.25) is 0 Å². The minimum atomic E-state index is -4.57. The third-order valence-electron chi connectivity index (χ3n) is 6.35. The second kappa shape index (κ2) is 9.19. The van der Waals surface area contributed by atoms with Gasteiger partial charge in [-0.1, -0.05) is 41.5 Å². The second-order valence-corrected chi connectivity index (χ2v) is 10.0. The van der Waals surface area contributed by atoms with E-state index >= 15 is 0 Å². The predicted octanol–water partition coefficient (Wildman–Crippen LogP) is 5.52. The number of aryl methyl sites for hydroxylation is 1. The van der Waals surface area contributed by atoms with Crippen LogP contribution in [0, 0.1) is 12.7 Å². The monoisotopic (exact) mass is 481 g/mol. The smallest absolute Gasteiger partial charge is 0.294 e. The molecular formula is C25H24FN3O4S. The highest BCUT2D eigenvalue weighted by atomic mass is 32.2. The molecule has 1 aliphatic rings. The zero-order valence-corrected chi connectivity index (χ0v) is 19.6. The molecule has 2 N–H and O–H groups in total. The summed E-state index contributed by atoms with van der Waals surface area (Å²) in [6.45, 7) is 3.38. The van der Waals surface area contributed by atoms with Crippen molar-refractivity contribution < 1.29 is 22.5 Å². The van der Waals surface area contributed by atoms with Gasteiger partial charge in [-0.25, -0.2) is 4.39 Å². The molecule has 3 aromatic carbocycles. The number of rotatable bonds is 5. The summed E-state index contributed by atoms with van der Waals surface area (Å²) in [7, 11) is -4.57. The van der Waals surface area contributed by atoms with E-state index in [0.29, 0.717) is 23.1 Å². The number of benzene rings is 3. The largest absolute Gasteiger partial charge is 0.393 e. The molecule has 4 rings (SSSR count). The van der Waals surface area contributed by atoms with Crippen molar-refractivity contribution in [1.82, 2.24) is 0 Å². The number of aliphatic hydroxyl groups excluding tert-OH is 1. The van der Waals surface area contributed by atoms with Crippen molar-refractivity contribution in [2.75, 3.05) is 0 Å². The maximum Gasteiger partial charge on any atom is 0.294 e. The van der Waals surface area contributed by atoms with E-state index < -0.39 is 28.0 Å². The Balaban J connectivity index is 2.07. The first-order valence-corrected chi connectivity index (χ1v) is 12.3. The molecule has 34 heavy (non-hydrogen) atoms. The molecule has 0 radical (unpaired) electrons. The Kier molecular flexibility index (Phi) is 6.47. The minimum absolute atomic E-state index is 0.00399. The lowest BCUT2D eigenvalue weighted by Gasteiger charge is -2.26. The fourth-order valence-corrected chi connectivity index (χ4v) is 5.75. The SMILES string of the molecule is Cc1ccc(S(=O)(=O)O)c(C[C@@H](C)O)c1[C@@H]1Cc2c(ccc(F)c2N=[N+]=[N-])Cc2ccccc21. The predicted molar refractivity (Wildman–Crippen MR) is 126 cm³/mol. The fourth-order valence-electron chi connectivity index (χ4n) is 5.00. The Bertz CT molecular complexity index is 1430. The van der Waals surface area contributed by atoms with Crippen LogP contribution >= 0.6 is 0 Å². The van der Waals surface area contributed by atoms with Gasteiger partial charge in [0.2, 0.25) is 0 Å². The van der Waals surface area contributed by atoms with E-state index in [1.165, 1.54) is 12.1 Å². The van der Waals surface area contributed by atoms with Crippen LogP contribution in [0.15, 0.2) is 58.5 Å². The number of halogens is 1. The lowest BCUT2D eigenvalue weighted by Crippen LogP contribution is -2.18. The Morgan fingerprint density at radius 3 is 2.59 bits per heavy atom. The van der Waals surface area contributed by atoms with Crippen LogP contribution in [0.1, 0.15) is 51.8 Å². The first-order valence-electron chi connectivity index (χ1n) is 10.8. The lowest BCUT2D eigenvalue weighted by atomic mass is 9.80. The quantitative estimate of drug-likeness (QED) is 0.215. The molecule has 2 atom stereocenters. The molecule has 0 fully saturated rings. The number of hydrogen-bond donors (Lipinski definition) is 2. The van der Waals surface area contributed by atoms with Crippen molar-refractivity contribution in [1.29, 1.82) is 0 Å². The number of azide groups is 1. The van der Waals surface area contributed by atoms with Gasteiger partial charge in [-0.3, -0.25) is 4.55 Å². The molecule has 0 amide bonds. The van der Waals surface area contributed by atoms with E-state index in [4.69, 9.17) is 5.53 Å². The second-order valence-electron chi connectivity index (χ2n) is 8.66. The maximum absolute atomic E-state index is 14.7. The van der Waals surface area contributed by atoms with E-state index in [-0.39, 0.29) is 23.4 Å². The van der Waals surface area contributed by atoms with Gasteiger partial charge in [-0.2, -0.15) is 8.42 Å². The molecule has 0 saturated heterocycles. The van der Waals surface area contributed by atoms with Gasteiger partial charge in [0.05, 0.1) is 16.7 Å². The summed E-state index contributed by atoms with van der Waals surface area (Å²) >= 11 is 0. The molecule has 0 spiro atoms. The van der Waals surface area contributed by atoms with Gasteiger partial charge in [-0.15, -0.1) is 0 Å². The third-order valence-corrected chi connectivity index (χ3v) is 7.29. The van der Waals surface area contributed by atoms with Crippen LogP contribution in [-0.4, -0.2) is 24.2 Å². The first-order chi connectivity index (χ1) is 16.1. The Labute approximate surface area is 197 Å². The van der Waals surface area contributed by atoms with Crippen LogP contribution in [0.3, 0.4) is 0 Å². The maximum atomic E-state index is 14.7. The summed E-state index contributed by atoms with van der Waals surface area (Å²) in [5, 5.41) is 13.8. The Morgan fingerprint density at radius 1 is 1.18 bits per heavy atom. The summed E-state index contributed by atoms with van der Waals surface area (Å²) in [4.78, 5) is 2.55. The molecule has 0 unspecified atom stereocenters. The number of fused-ring (bicyclic) bond motifs is 2. The zero-order chi connectivity index (χ0) is 24.6. The van der Waals surface area contributed by atoms with Crippen molar-refractivity contribution in [3.8, 4) is 0 Å². The number of nitrogens with zero attached hydrogens (tertiary/aromatic N) is 3. The molecule has 0 aliphatic heterocycles. The van der Waals surface area contributed by atoms with Crippen LogP contribution in [0.4, 0.5) is 10.1 Å².